The Morgan fingerprint density at radius 1 is 1.15 bits per heavy atom. The summed E-state index contributed by atoms with van der Waals surface area (Å²) in [4.78, 5) is 25.2. The molecular formula is C19H24FN5O. The van der Waals surface area contributed by atoms with E-state index in [0.29, 0.717) is 43.5 Å². The highest BCUT2D eigenvalue weighted by atomic mass is 19.1. The molecular weight excluding hydrogens is 333 g/mol. The van der Waals surface area contributed by atoms with Gasteiger partial charge in [0.25, 0.3) is 5.91 Å². The summed E-state index contributed by atoms with van der Waals surface area (Å²) in [5.74, 6) is 0.118. The standard InChI is InChI=1S/C19H24FN5O/c1-13(2)21-19-22-14(3)12-16(23-19)18(26)25-10-8-24(9-11-25)17-7-5-4-6-15(17)20/h4-7,12-13H,8-11H2,1-3H3,(H,21,22,23). The van der Waals surface area contributed by atoms with Crippen LogP contribution in [0.15, 0.2) is 30.3 Å². The van der Waals surface area contributed by atoms with Crippen LogP contribution < -0.4 is 10.2 Å². The summed E-state index contributed by atoms with van der Waals surface area (Å²) in [6.45, 7) is 8.08. The maximum absolute atomic E-state index is 13.9. The number of carbonyl (C=O) groups excluding carboxylic acids is 1. The highest BCUT2D eigenvalue weighted by Gasteiger charge is 2.25. The molecule has 0 spiro atoms. The molecule has 6 nitrogen and oxygen atoms in total. The SMILES string of the molecule is Cc1cc(C(=O)N2CCN(c3ccccc3F)CC2)nc(NC(C)C)n1. The molecule has 2 heterocycles. The first kappa shape index (κ1) is 18.1. The maximum atomic E-state index is 13.9. The molecule has 3 rings (SSSR count). The van der Waals surface area contributed by atoms with E-state index in [4.69, 9.17) is 0 Å². The van der Waals surface area contributed by atoms with Gasteiger partial charge in [-0.2, -0.15) is 0 Å². The molecule has 2 aromatic rings. The lowest BCUT2D eigenvalue weighted by Gasteiger charge is -2.36. The first-order chi connectivity index (χ1) is 12.4. The van der Waals surface area contributed by atoms with Gasteiger partial charge in [0.05, 0.1) is 5.69 Å². The van der Waals surface area contributed by atoms with E-state index in [1.807, 2.05) is 31.7 Å². The Hall–Kier alpha value is -2.70. The van der Waals surface area contributed by atoms with Gasteiger partial charge in [-0.1, -0.05) is 12.1 Å². The third-order valence-corrected chi connectivity index (χ3v) is 4.25. The molecule has 1 aliphatic heterocycles. The fraction of sp³-hybridized carbons (Fsp3) is 0.421. The van der Waals surface area contributed by atoms with Crippen molar-refractivity contribution >= 4 is 17.5 Å². The molecule has 26 heavy (non-hydrogen) atoms. The number of hydrogen-bond acceptors (Lipinski definition) is 5. The van der Waals surface area contributed by atoms with Crippen LogP contribution in [0.3, 0.4) is 0 Å². The number of aryl methyl sites for hydroxylation is 1. The number of piperazine rings is 1. The van der Waals surface area contributed by atoms with Gasteiger partial charge in [-0.3, -0.25) is 4.79 Å². The zero-order valence-electron chi connectivity index (χ0n) is 15.4. The number of rotatable bonds is 4. The number of para-hydroxylation sites is 1. The van der Waals surface area contributed by atoms with Crippen molar-refractivity contribution in [3.05, 3.63) is 47.5 Å². The number of hydrogen-bond donors (Lipinski definition) is 1. The van der Waals surface area contributed by atoms with E-state index in [1.165, 1.54) is 6.07 Å². The van der Waals surface area contributed by atoms with Gasteiger partial charge < -0.3 is 15.1 Å². The fourth-order valence-electron chi connectivity index (χ4n) is 3.02. The monoisotopic (exact) mass is 357 g/mol. The second-order valence-electron chi connectivity index (χ2n) is 6.75. The zero-order valence-corrected chi connectivity index (χ0v) is 15.4. The van der Waals surface area contributed by atoms with Crippen molar-refractivity contribution < 1.29 is 9.18 Å². The summed E-state index contributed by atoms with van der Waals surface area (Å²) in [5.41, 5.74) is 1.72. The predicted octanol–water partition coefficient (Wildman–Crippen LogP) is 2.71. The molecule has 1 aromatic carbocycles. The van der Waals surface area contributed by atoms with E-state index in [2.05, 4.69) is 15.3 Å². The lowest BCUT2D eigenvalue weighted by Crippen LogP contribution is -2.49. The molecule has 0 atom stereocenters. The topological polar surface area (TPSA) is 61.4 Å². The average Bonchev–Trinajstić information content (AvgIpc) is 2.60. The molecule has 138 valence electrons. The van der Waals surface area contributed by atoms with Crippen molar-refractivity contribution in [3.63, 3.8) is 0 Å². The highest BCUT2D eigenvalue weighted by molar-refractivity contribution is 5.92. The van der Waals surface area contributed by atoms with E-state index >= 15 is 0 Å². The third-order valence-electron chi connectivity index (χ3n) is 4.25. The van der Waals surface area contributed by atoms with Crippen molar-refractivity contribution in [1.82, 2.24) is 14.9 Å². The Labute approximate surface area is 153 Å². The van der Waals surface area contributed by atoms with Crippen molar-refractivity contribution in [3.8, 4) is 0 Å². The van der Waals surface area contributed by atoms with Crippen molar-refractivity contribution in [2.24, 2.45) is 0 Å². The van der Waals surface area contributed by atoms with Crippen LogP contribution in [-0.2, 0) is 0 Å². The average molecular weight is 357 g/mol. The second-order valence-corrected chi connectivity index (χ2v) is 6.75. The summed E-state index contributed by atoms with van der Waals surface area (Å²) >= 11 is 0. The van der Waals surface area contributed by atoms with E-state index < -0.39 is 0 Å². The number of nitrogens with one attached hydrogen (secondary N) is 1. The summed E-state index contributed by atoms with van der Waals surface area (Å²) < 4.78 is 13.9. The first-order valence-corrected chi connectivity index (χ1v) is 8.85. The third kappa shape index (κ3) is 4.09. The van der Waals surface area contributed by atoms with Crippen LogP contribution in [0.1, 0.15) is 30.0 Å². The molecule has 1 aromatic heterocycles. The van der Waals surface area contributed by atoms with Crippen molar-refractivity contribution in [1.29, 1.82) is 0 Å². The Morgan fingerprint density at radius 3 is 2.50 bits per heavy atom. The molecule has 0 radical (unpaired) electrons. The molecule has 0 aliphatic carbocycles. The van der Waals surface area contributed by atoms with Gasteiger partial charge in [-0.25, -0.2) is 14.4 Å². The van der Waals surface area contributed by atoms with Crippen molar-refractivity contribution in [2.75, 3.05) is 36.4 Å². The minimum atomic E-state index is -0.233. The number of carbonyl (C=O) groups is 1. The number of halogens is 1. The van der Waals surface area contributed by atoms with Crippen LogP contribution in [0.5, 0.6) is 0 Å². The Bertz CT molecular complexity index is 787. The van der Waals surface area contributed by atoms with E-state index in [0.717, 1.165) is 5.69 Å². The smallest absolute Gasteiger partial charge is 0.272 e. The lowest BCUT2D eigenvalue weighted by atomic mass is 10.2. The summed E-state index contributed by atoms with van der Waals surface area (Å²) in [6.07, 6.45) is 0. The first-order valence-electron chi connectivity index (χ1n) is 8.85. The molecule has 1 N–H and O–H groups in total. The van der Waals surface area contributed by atoms with E-state index in [-0.39, 0.29) is 17.8 Å². The van der Waals surface area contributed by atoms with Gasteiger partial charge >= 0.3 is 0 Å². The number of aromatic nitrogens is 2. The fourth-order valence-corrected chi connectivity index (χ4v) is 3.02. The van der Waals surface area contributed by atoms with Gasteiger partial charge in [0, 0.05) is 37.9 Å². The highest BCUT2D eigenvalue weighted by Crippen LogP contribution is 2.20. The quantitative estimate of drug-likeness (QED) is 0.912. The van der Waals surface area contributed by atoms with Crippen molar-refractivity contribution in [2.45, 2.75) is 26.8 Å². The molecule has 0 saturated carbocycles. The molecule has 0 unspecified atom stereocenters. The number of amides is 1. The van der Waals surface area contributed by atoms with Crippen LogP contribution in [0, 0.1) is 12.7 Å². The normalized spacial score (nSPS) is 14.7. The van der Waals surface area contributed by atoms with Gasteiger partial charge in [0.1, 0.15) is 11.5 Å². The van der Waals surface area contributed by atoms with Gasteiger partial charge in [-0.05, 0) is 39.0 Å². The Kier molecular flexibility index (Phi) is 5.35. The Balaban J connectivity index is 1.69. The molecule has 0 bridgehead atoms. The second kappa shape index (κ2) is 7.68. The number of nitrogens with zero attached hydrogens (tertiary/aromatic N) is 4. The summed E-state index contributed by atoms with van der Waals surface area (Å²) in [6, 6.07) is 8.62. The minimum Gasteiger partial charge on any atom is -0.366 e. The van der Waals surface area contributed by atoms with Gasteiger partial charge in [-0.15, -0.1) is 0 Å². The maximum Gasteiger partial charge on any atom is 0.272 e. The molecule has 7 heteroatoms. The van der Waals surface area contributed by atoms with Crippen LogP contribution >= 0.6 is 0 Å². The van der Waals surface area contributed by atoms with Gasteiger partial charge in [0.2, 0.25) is 5.95 Å². The van der Waals surface area contributed by atoms with E-state index in [1.54, 1.807) is 23.1 Å². The molecule has 1 saturated heterocycles. The summed E-state index contributed by atoms with van der Waals surface area (Å²) in [7, 11) is 0. The lowest BCUT2D eigenvalue weighted by molar-refractivity contribution is 0.0740. The summed E-state index contributed by atoms with van der Waals surface area (Å²) in [5, 5.41) is 3.14. The van der Waals surface area contributed by atoms with Crippen LogP contribution in [-0.4, -0.2) is 53.0 Å². The molecule has 1 fully saturated rings. The zero-order chi connectivity index (χ0) is 18.7. The number of benzene rings is 1. The molecule has 1 aliphatic rings. The Morgan fingerprint density at radius 2 is 1.85 bits per heavy atom. The van der Waals surface area contributed by atoms with Crippen LogP contribution in [0.25, 0.3) is 0 Å². The largest absolute Gasteiger partial charge is 0.366 e. The predicted molar refractivity (Wildman–Crippen MR) is 100 cm³/mol. The van der Waals surface area contributed by atoms with Gasteiger partial charge in [0.15, 0.2) is 0 Å². The van der Waals surface area contributed by atoms with E-state index in [9.17, 15) is 9.18 Å². The molecule has 1 amide bonds. The minimum absolute atomic E-state index is 0.115. The van der Waals surface area contributed by atoms with Crippen LogP contribution in [0.4, 0.5) is 16.0 Å². The number of anilines is 2. The van der Waals surface area contributed by atoms with Crippen LogP contribution in [0.2, 0.25) is 0 Å².